The summed E-state index contributed by atoms with van der Waals surface area (Å²) in [4.78, 5) is 3.51. The first-order chi connectivity index (χ1) is 12.7. The fourth-order valence-corrected chi connectivity index (χ4v) is 3.96. The largest absolute Gasteiger partial charge is 0.493 e. The molecule has 4 nitrogen and oxygen atoms in total. The third kappa shape index (κ3) is 5.13. The third-order valence-electron chi connectivity index (χ3n) is 4.43. The molecule has 3 rings (SSSR count). The van der Waals surface area contributed by atoms with Gasteiger partial charge in [-0.2, -0.15) is 0 Å². The zero-order valence-electron chi connectivity index (χ0n) is 14.8. The minimum Gasteiger partial charge on any atom is -0.493 e. The lowest BCUT2D eigenvalue weighted by Gasteiger charge is -2.36. The smallest absolute Gasteiger partial charge is 0.163 e. The van der Waals surface area contributed by atoms with Crippen molar-refractivity contribution in [2.75, 3.05) is 32.5 Å². The number of benzene rings is 2. The zero-order chi connectivity index (χ0) is 18.4. The number of hydrogen-bond acceptors (Lipinski definition) is 5. The van der Waals surface area contributed by atoms with Gasteiger partial charge in [-0.1, -0.05) is 18.2 Å². The van der Waals surface area contributed by atoms with Gasteiger partial charge in [-0.3, -0.25) is 4.90 Å². The lowest BCUT2D eigenvalue weighted by Crippen LogP contribution is -2.49. The summed E-state index contributed by atoms with van der Waals surface area (Å²) in [6.45, 7) is 2.35. The lowest BCUT2D eigenvalue weighted by atomic mass is 10.0. The Kier molecular flexibility index (Phi) is 6.77. The van der Waals surface area contributed by atoms with E-state index in [2.05, 4.69) is 17.0 Å². The summed E-state index contributed by atoms with van der Waals surface area (Å²) >= 11 is 1.82. The van der Waals surface area contributed by atoms with E-state index in [1.807, 2.05) is 30.0 Å². The molecule has 0 aliphatic carbocycles. The van der Waals surface area contributed by atoms with Crippen molar-refractivity contribution in [1.82, 2.24) is 4.90 Å². The number of β-amino-alcohol motifs (C(OH)–C–C–N with tert-alkyl or cyclic N) is 1. The Morgan fingerprint density at radius 1 is 1.19 bits per heavy atom. The van der Waals surface area contributed by atoms with Gasteiger partial charge in [-0.15, -0.1) is 11.8 Å². The van der Waals surface area contributed by atoms with E-state index in [0.29, 0.717) is 18.0 Å². The summed E-state index contributed by atoms with van der Waals surface area (Å²) in [6.07, 6.45) is -0.176. The van der Waals surface area contributed by atoms with Crippen molar-refractivity contribution in [2.24, 2.45) is 0 Å². The van der Waals surface area contributed by atoms with Crippen LogP contribution in [0.1, 0.15) is 6.42 Å². The molecule has 0 bridgehead atoms. The summed E-state index contributed by atoms with van der Waals surface area (Å²) in [5.74, 6) is 1.42. The number of piperidine rings is 1. The van der Waals surface area contributed by atoms with Gasteiger partial charge in [0.05, 0.1) is 7.11 Å². The Hall–Kier alpha value is -1.76. The molecule has 140 valence electrons. The van der Waals surface area contributed by atoms with Gasteiger partial charge in [-0.25, -0.2) is 4.39 Å². The van der Waals surface area contributed by atoms with Crippen molar-refractivity contribution in [3.8, 4) is 11.5 Å². The molecule has 0 spiro atoms. The van der Waals surface area contributed by atoms with Crippen molar-refractivity contribution in [3.05, 3.63) is 54.3 Å². The Balaban J connectivity index is 1.47. The summed E-state index contributed by atoms with van der Waals surface area (Å²) in [7, 11) is 1.48. The SMILES string of the molecule is COc1cc(F)ccc1O[C@@H]1CCN(CCSc2ccccc2)C[C@H]1O. The number of thioether (sulfide) groups is 1. The molecule has 1 heterocycles. The van der Waals surface area contributed by atoms with E-state index in [9.17, 15) is 9.50 Å². The number of likely N-dealkylation sites (tertiary alicyclic amines) is 1. The monoisotopic (exact) mass is 377 g/mol. The number of halogens is 1. The van der Waals surface area contributed by atoms with Crippen molar-refractivity contribution < 1.29 is 19.0 Å². The molecule has 0 saturated carbocycles. The van der Waals surface area contributed by atoms with Gasteiger partial charge in [0.25, 0.3) is 0 Å². The van der Waals surface area contributed by atoms with E-state index in [4.69, 9.17) is 9.47 Å². The van der Waals surface area contributed by atoms with Crippen LogP contribution in [0, 0.1) is 5.82 Å². The number of aliphatic hydroxyl groups excluding tert-OH is 1. The highest BCUT2D eigenvalue weighted by atomic mass is 32.2. The lowest BCUT2D eigenvalue weighted by molar-refractivity contribution is -0.0243. The van der Waals surface area contributed by atoms with Gasteiger partial charge >= 0.3 is 0 Å². The molecule has 26 heavy (non-hydrogen) atoms. The molecular formula is C20H24FNO3S. The van der Waals surface area contributed by atoms with E-state index in [0.717, 1.165) is 25.3 Å². The molecule has 1 aliphatic heterocycles. The van der Waals surface area contributed by atoms with Crippen LogP contribution in [-0.4, -0.2) is 54.7 Å². The molecule has 6 heteroatoms. The maximum absolute atomic E-state index is 13.3. The molecule has 2 atom stereocenters. The van der Waals surface area contributed by atoms with Gasteiger partial charge in [0.1, 0.15) is 18.0 Å². The Labute approximate surface area is 157 Å². The van der Waals surface area contributed by atoms with Crippen LogP contribution in [0.4, 0.5) is 4.39 Å². The predicted octanol–water partition coefficient (Wildman–Crippen LogP) is 3.44. The number of methoxy groups -OCH3 is 1. The van der Waals surface area contributed by atoms with E-state index in [1.165, 1.54) is 24.1 Å². The van der Waals surface area contributed by atoms with Crippen LogP contribution >= 0.6 is 11.8 Å². The Morgan fingerprint density at radius 2 is 2.00 bits per heavy atom. The summed E-state index contributed by atoms with van der Waals surface area (Å²) in [5, 5.41) is 10.4. The second-order valence-electron chi connectivity index (χ2n) is 6.27. The highest BCUT2D eigenvalue weighted by Gasteiger charge is 2.29. The number of aliphatic hydroxyl groups is 1. The van der Waals surface area contributed by atoms with Crippen molar-refractivity contribution in [2.45, 2.75) is 23.5 Å². The first-order valence-electron chi connectivity index (χ1n) is 8.74. The maximum Gasteiger partial charge on any atom is 0.163 e. The third-order valence-corrected chi connectivity index (χ3v) is 5.42. The summed E-state index contributed by atoms with van der Waals surface area (Å²) < 4.78 is 24.3. The van der Waals surface area contributed by atoms with Gasteiger partial charge < -0.3 is 14.6 Å². The first kappa shape index (κ1) is 19.0. The highest BCUT2D eigenvalue weighted by Crippen LogP contribution is 2.30. The molecule has 0 unspecified atom stereocenters. The van der Waals surface area contributed by atoms with E-state index in [-0.39, 0.29) is 11.9 Å². The molecule has 0 radical (unpaired) electrons. The minimum atomic E-state index is -0.583. The molecule has 2 aromatic rings. The van der Waals surface area contributed by atoms with Crippen LogP contribution in [0.2, 0.25) is 0 Å². The number of nitrogens with zero attached hydrogens (tertiary/aromatic N) is 1. The first-order valence-corrected chi connectivity index (χ1v) is 9.73. The second-order valence-corrected chi connectivity index (χ2v) is 7.44. The molecule has 0 amide bonds. The average molecular weight is 377 g/mol. The van der Waals surface area contributed by atoms with Crippen molar-refractivity contribution in [1.29, 1.82) is 0 Å². The van der Waals surface area contributed by atoms with E-state index < -0.39 is 6.10 Å². The fraction of sp³-hybridized carbons (Fsp3) is 0.400. The van der Waals surface area contributed by atoms with Crippen LogP contribution in [0.25, 0.3) is 0 Å². The van der Waals surface area contributed by atoms with Crippen LogP contribution in [0.5, 0.6) is 11.5 Å². The number of hydrogen-bond donors (Lipinski definition) is 1. The molecule has 2 aromatic carbocycles. The van der Waals surface area contributed by atoms with Gasteiger partial charge in [-0.05, 0) is 30.7 Å². The van der Waals surface area contributed by atoms with E-state index in [1.54, 1.807) is 6.07 Å². The van der Waals surface area contributed by atoms with Gasteiger partial charge in [0.2, 0.25) is 0 Å². The molecular weight excluding hydrogens is 353 g/mol. The zero-order valence-corrected chi connectivity index (χ0v) is 15.6. The van der Waals surface area contributed by atoms with Crippen LogP contribution in [0.3, 0.4) is 0 Å². The van der Waals surface area contributed by atoms with Gasteiger partial charge in [0.15, 0.2) is 11.5 Å². The minimum absolute atomic E-state index is 0.313. The normalized spacial score (nSPS) is 20.7. The molecule has 1 aliphatic rings. The quantitative estimate of drug-likeness (QED) is 0.749. The second kappa shape index (κ2) is 9.26. The average Bonchev–Trinajstić information content (AvgIpc) is 2.66. The molecule has 1 N–H and O–H groups in total. The highest BCUT2D eigenvalue weighted by molar-refractivity contribution is 7.99. The topological polar surface area (TPSA) is 41.9 Å². The number of rotatable bonds is 7. The van der Waals surface area contributed by atoms with Crippen LogP contribution < -0.4 is 9.47 Å². The van der Waals surface area contributed by atoms with E-state index >= 15 is 0 Å². The Morgan fingerprint density at radius 3 is 2.73 bits per heavy atom. The Bertz CT molecular complexity index is 701. The van der Waals surface area contributed by atoms with Crippen LogP contribution in [-0.2, 0) is 0 Å². The number of ether oxygens (including phenoxy) is 2. The predicted molar refractivity (Wildman–Crippen MR) is 102 cm³/mol. The molecule has 0 aromatic heterocycles. The molecule has 1 saturated heterocycles. The maximum atomic E-state index is 13.3. The summed E-state index contributed by atoms with van der Waals surface area (Å²) in [5.41, 5.74) is 0. The van der Waals surface area contributed by atoms with Crippen molar-refractivity contribution in [3.63, 3.8) is 0 Å². The molecule has 1 fully saturated rings. The van der Waals surface area contributed by atoms with Crippen LogP contribution in [0.15, 0.2) is 53.4 Å². The van der Waals surface area contributed by atoms with Crippen molar-refractivity contribution >= 4 is 11.8 Å². The summed E-state index contributed by atoms with van der Waals surface area (Å²) in [6, 6.07) is 14.5. The van der Waals surface area contributed by atoms with Gasteiger partial charge in [0, 0.05) is 36.3 Å². The standard InChI is InChI=1S/C20H24FNO3S/c1-24-20-13-15(21)7-8-19(20)25-18-9-10-22(14-17(18)23)11-12-26-16-5-3-2-4-6-16/h2-8,13,17-18,23H,9-12,14H2,1H3/t17-,18-/m1/s1. The fourth-order valence-electron chi connectivity index (χ4n) is 3.03.